The Kier molecular flexibility index (Phi) is 7.76. The summed E-state index contributed by atoms with van der Waals surface area (Å²) in [5.74, 6) is 0. The number of sulfone groups is 1. The lowest BCUT2D eigenvalue weighted by molar-refractivity contribution is -0.906. The first-order chi connectivity index (χ1) is 12.3. The lowest BCUT2D eigenvalue weighted by atomic mass is 10.4. The Morgan fingerprint density at radius 1 is 1.00 bits per heavy atom. The van der Waals surface area contributed by atoms with E-state index in [4.69, 9.17) is 4.74 Å². The third kappa shape index (κ3) is 5.16. The molecule has 156 valence electrons. The van der Waals surface area contributed by atoms with Gasteiger partial charge in [-0.25, -0.2) is 16.8 Å². The smallest absolute Gasteiger partial charge is 0.425 e. The fourth-order valence-corrected chi connectivity index (χ4v) is 4.11. The van der Waals surface area contributed by atoms with E-state index in [-0.39, 0.29) is 0 Å². The summed E-state index contributed by atoms with van der Waals surface area (Å²) in [6.45, 7) is 7.81. The number of hydrogen-bond donors (Lipinski definition) is 1. The van der Waals surface area contributed by atoms with Gasteiger partial charge in [-0.3, -0.25) is 0 Å². The zero-order valence-electron chi connectivity index (χ0n) is 14.2. The highest BCUT2D eigenvalue weighted by Gasteiger charge is 2.70. The summed E-state index contributed by atoms with van der Waals surface area (Å²) >= 11 is 0. The second kappa shape index (κ2) is 8.82. The van der Waals surface area contributed by atoms with E-state index in [1.807, 2.05) is 0 Å². The normalized spacial score (nSPS) is 17.1. The number of quaternary nitrogens is 1. The van der Waals surface area contributed by atoms with E-state index in [1.165, 1.54) is 25.7 Å². The molecule has 0 aliphatic carbocycles. The third-order valence-electron chi connectivity index (χ3n) is 3.74. The van der Waals surface area contributed by atoms with Crippen LogP contribution in [0, 0.1) is 0 Å². The van der Waals surface area contributed by atoms with Crippen LogP contribution >= 0.6 is 0 Å². The van der Waals surface area contributed by atoms with E-state index in [0.717, 1.165) is 25.3 Å². The Morgan fingerprint density at radius 2 is 1.48 bits per heavy atom. The molecule has 0 spiro atoms. The molecule has 1 saturated heterocycles. The van der Waals surface area contributed by atoms with Gasteiger partial charge in [-0.05, 0) is 19.1 Å². The fraction of sp³-hybridized carbons (Fsp3) is 0.571. The van der Waals surface area contributed by atoms with Crippen molar-refractivity contribution in [1.82, 2.24) is 0 Å². The molecular weight excluding hydrogens is 418 g/mol. The van der Waals surface area contributed by atoms with Crippen LogP contribution in [0.1, 0.15) is 6.92 Å². The lowest BCUT2D eigenvalue weighted by Crippen LogP contribution is -3.13. The van der Waals surface area contributed by atoms with Gasteiger partial charge in [0.05, 0.1) is 24.7 Å². The van der Waals surface area contributed by atoms with Gasteiger partial charge in [0.2, 0.25) is 0 Å². The van der Waals surface area contributed by atoms with Crippen LogP contribution in [-0.4, -0.2) is 64.7 Å². The maximum Gasteiger partial charge on any atom is 0.425 e. The van der Waals surface area contributed by atoms with Gasteiger partial charge in [-0.2, -0.15) is 17.6 Å². The molecule has 1 aromatic rings. The maximum absolute atomic E-state index is 13.2. The van der Waals surface area contributed by atoms with Crippen LogP contribution in [0.15, 0.2) is 35.2 Å². The standard InChI is InChI=1S/C8H6F4O5S2.C6H13NO/c9-7(10,8(11,12)19(15,16)17)18(13,14)6-4-2-1-3-5-6;1-2-7-3-5-8-6-4-7/h1-5H,(H,15,16,17);2-6H2,1H3. The minimum absolute atomic E-state index is 0.566. The SMILES string of the molecule is CC[NH+]1CCOCC1.O=S(=O)([O-])C(F)(F)C(F)(F)S(=O)(=O)c1ccccc1. The molecule has 0 saturated carbocycles. The van der Waals surface area contributed by atoms with Gasteiger partial charge in [0.15, 0.2) is 10.1 Å². The topological polar surface area (TPSA) is 105 Å². The van der Waals surface area contributed by atoms with E-state index >= 15 is 0 Å². The largest absolute Gasteiger partial charge is 0.743 e. The second-order valence-corrected chi connectivity index (χ2v) is 8.93. The van der Waals surface area contributed by atoms with Gasteiger partial charge in [-0.1, -0.05) is 18.2 Å². The molecule has 7 nitrogen and oxygen atoms in total. The Hall–Kier alpha value is -1.28. The van der Waals surface area contributed by atoms with Crippen molar-refractivity contribution in [2.24, 2.45) is 0 Å². The van der Waals surface area contributed by atoms with Crippen LogP contribution < -0.4 is 4.90 Å². The van der Waals surface area contributed by atoms with Crippen molar-refractivity contribution in [1.29, 1.82) is 0 Å². The maximum atomic E-state index is 13.2. The summed E-state index contributed by atoms with van der Waals surface area (Å²) < 4.78 is 110. The summed E-state index contributed by atoms with van der Waals surface area (Å²) in [4.78, 5) is 0.444. The van der Waals surface area contributed by atoms with E-state index < -0.39 is 35.4 Å². The van der Waals surface area contributed by atoms with Crippen molar-refractivity contribution in [3.05, 3.63) is 30.3 Å². The Morgan fingerprint density at radius 3 is 1.85 bits per heavy atom. The highest BCUT2D eigenvalue weighted by Crippen LogP contribution is 2.44. The minimum Gasteiger partial charge on any atom is -0.743 e. The molecule has 1 aliphatic heterocycles. The van der Waals surface area contributed by atoms with Gasteiger partial charge in [-0.15, -0.1) is 0 Å². The summed E-state index contributed by atoms with van der Waals surface area (Å²) in [6.07, 6.45) is 0. The van der Waals surface area contributed by atoms with Crippen LogP contribution in [0.2, 0.25) is 0 Å². The molecule has 0 atom stereocenters. The highest BCUT2D eigenvalue weighted by molar-refractivity contribution is 7.94. The van der Waals surface area contributed by atoms with Gasteiger partial charge in [0.1, 0.15) is 13.1 Å². The van der Waals surface area contributed by atoms with Gasteiger partial charge < -0.3 is 14.2 Å². The van der Waals surface area contributed by atoms with Crippen LogP contribution in [-0.2, 0) is 24.7 Å². The molecule has 13 heteroatoms. The second-order valence-electron chi connectivity index (χ2n) is 5.52. The first kappa shape index (κ1) is 23.8. The van der Waals surface area contributed by atoms with E-state index in [2.05, 4.69) is 6.92 Å². The molecule has 0 unspecified atom stereocenters. The van der Waals surface area contributed by atoms with Crippen molar-refractivity contribution < 1.29 is 48.6 Å². The van der Waals surface area contributed by atoms with Crippen molar-refractivity contribution in [2.75, 3.05) is 32.8 Å². The van der Waals surface area contributed by atoms with Crippen molar-refractivity contribution in [2.45, 2.75) is 22.3 Å². The first-order valence-corrected chi connectivity index (χ1v) is 10.6. The van der Waals surface area contributed by atoms with Gasteiger partial charge in [0, 0.05) is 0 Å². The third-order valence-corrected chi connectivity index (χ3v) is 6.58. The number of halogens is 4. The quantitative estimate of drug-likeness (QED) is 0.518. The molecule has 0 bridgehead atoms. The number of likely N-dealkylation sites (N-methyl/N-ethyl adjacent to an activating group) is 1. The number of ether oxygens (including phenoxy) is 1. The van der Waals surface area contributed by atoms with Crippen molar-refractivity contribution in [3.63, 3.8) is 0 Å². The van der Waals surface area contributed by atoms with Crippen LogP contribution in [0.5, 0.6) is 0 Å². The molecule has 0 aromatic heterocycles. The predicted octanol–water partition coefficient (Wildman–Crippen LogP) is 0.113. The number of hydrogen-bond acceptors (Lipinski definition) is 6. The van der Waals surface area contributed by atoms with Crippen LogP contribution in [0.3, 0.4) is 0 Å². The molecular formula is C14H19F4NO6S2. The number of benzene rings is 1. The lowest BCUT2D eigenvalue weighted by Gasteiger charge is -2.27. The minimum atomic E-state index is -6.86. The average molecular weight is 437 g/mol. The summed E-state index contributed by atoms with van der Waals surface area (Å²) in [5.41, 5.74) is 0. The van der Waals surface area contributed by atoms with E-state index in [0.29, 0.717) is 12.1 Å². The van der Waals surface area contributed by atoms with Gasteiger partial charge in [0.25, 0.3) is 9.84 Å². The first-order valence-electron chi connectivity index (χ1n) is 7.71. The Balaban J connectivity index is 0.000000377. The van der Waals surface area contributed by atoms with E-state index in [1.54, 1.807) is 4.90 Å². The molecule has 1 fully saturated rings. The molecule has 1 heterocycles. The average Bonchev–Trinajstić information content (AvgIpc) is 2.62. The zero-order chi connectivity index (χ0) is 20.9. The Bertz CT molecular complexity index is 809. The summed E-state index contributed by atoms with van der Waals surface area (Å²) in [6, 6.07) is 4.28. The summed E-state index contributed by atoms with van der Waals surface area (Å²) in [5, 5.41) is -12.4. The number of morpholine rings is 1. The van der Waals surface area contributed by atoms with Gasteiger partial charge >= 0.3 is 10.5 Å². The number of rotatable bonds is 5. The van der Waals surface area contributed by atoms with Crippen molar-refractivity contribution >= 4 is 20.0 Å². The molecule has 2 rings (SSSR count). The molecule has 1 aliphatic rings. The summed E-state index contributed by atoms with van der Waals surface area (Å²) in [7, 11) is -12.9. The molecule has 0 radical (unpaired) electrons. The Labute approximate surface area is 154 Å². The number of nitrogens with one attached hydrogen (secondary N) is 1. The molecule has 0 amide bonds. The van der Waals surface area contributed by atoms with Crippen LogP contribution in [0.4, 0.5) is 17.6 Å². The predicted molar refractivity (Wildman–Crippen MR) is 85.3 cm³/mol. The zero-order valence-corrected chi connectivity index (χ0v) is 15.8. The van der Waals surface area contributed by atoms with E-state index in [9.17, 15) is 39.0 Å². The highest BCUT2D eigenvalue weighted by atomic mass is 32.2. The fourth-order valence-electron chi connectivity index (χ4n) is 2.06. The van der Waals surface area contributed by atoms with Crippen LogP contribution in [0.25, 0.3) is 0 Å². The monoisotopic (exact) mass is 437 g/mol. The molecule has 1 aromatic carbocycles. The van der Waals surface area contributed by atoms with Crippen molar-refractivity contribution in [3.8, 4) is 0 Å². The number of alkyl halides is 4. The molecule has 1 N–H and O–H groups in total. The molecule has 27 heavy (non-hydrogen) atoms.